The Morgan fingerprint density at radius 3 is 2.75 bits per heavy atom. The number of aryl methyl sites for hydroxylation is 2. The number of pyridine rings is 1. The summed E-state index contributed by atoms with van der Waals surface area (Å²) >= 11 is 0. The van der Waals surface area contributed by atoms with Crippen molar-refractivity contribution in [3.63, 3.8) is 0 Å². The average molecular weight is 346 g/mol. The Bertz CT molecular complexity index is 847. The van der Waals surface area contributed by atoms with E-state index in [1.807, 2.05) is 13.0 Å². The summed E-state index contributed by atoms with van der Waals surface area (Å²) in [6, 6.07) is 9.70. The van der Waals surface area contributed by atoms with Gasteiger partial charge in [-0.1, -0.05) is 23.8 Å². The van der Waals surface area contributed by atoms with E-state index in [0.29, 0.717) is 18.5 Å². The third-order valence-corrected chi connectivity index (χ3v) is 5.23. The molecule has 1 aliphatic heterocycles. The van der Waals surface area contributed by atoms with Crippen LogP contribution in [0.4, 0.5) is 0 Å². The second kappa shape index (κ2) is 6.70. The molecule has 6 nitrogen and oxygen atoms in total. The Morgan fingerprint density at radius 1 is 1.25 bits per heavy atom. The molecule has 1 amide bonds. The van der Waals surface area contributed by atoms with Gasteiger partial charge in [-0.2, -0.15) is 8.42 Å². The van der Waals surface area contributed by atoms with Gasteiger partial charge in [0.2, 0.25) is 0 Å². The maximum atomic E-state index is 12.2. The van der Waals surface area contributed by atoms with Crippen molar-refractivity contribution in [2.45, 2.75) is 30.7 Å². The molecule has 0 bridgehead atoms. The van der Waals surface area contributed by atoms with Crippen molar-refractivity contribution in [2.24, 2.45) is 0 Å². The summed E-state index contributed by atoms with van der Waals surface area (Å²) in [5.74, 6) is -0.301. The molecule has 0 saturated carbocycles. The van der Waals surface area contributed by atoms with Crippen LogP contribution >= 0.6 is 0 Å². The lowest BCUT2D eigenvalue weighted by Gasteiger charge is -2.15. The molecule has 2 heterocycles. The molecule has 1 aromatic heterocycles. The van der Waals surface area contributed by atoms with Crippen LogP contribution in [0.25, 0.3) is 0 Å². The molecule has 1 aromatic carbocycles. The van der Waals surface area contributed by atoms with Gasteiger partial charge in [-0.25, -0.2) is 0 Å². The Morgan fingerprint density at radius 2 is 2.00 bits per heavy atom. The van der Waals surface area contributed by atoms with Gasteiger partial charge < -0.3 is 5.32 Å². The normalized spacial score (nSPS) is 17.7. The molecular formula is C17H18N2O4S. The van der Waals surface area contributed by atoms with Gasteiger partial charge in [0.1, 0.15) is 5.69 Å². The molecule has 0 aliphatic carbocycles. The van der Waals surface area contributed by atoms with Crippen molar-refractivity contribution >= 4 is 16.0 Å². The van der Waals surface area contributed by atoms with Gasteiger partial charge in [-0.3, -0.25) is 14.0 Å². The molecule has 1 atom stereocenters. The smallest absolute Gasteiger partial charge is 0.297 e. The monoisotopic (exact) mass is 346 g/mol. The van der Waals surface area contributed by atoms with E-state index in [9.17, 15) is 13.2 Å². The maximum absolute atomic E-state index is 12.2. The van der Waals surface area contributed by atoms with Crippen LogP contribution in [-0.4, -0.2) is 32.0 Å². The standard InChI is InChI=1S/C17H18N2O4S/c1-12-4-8-15(9-5-12)24(21,22)23-11-14-7-6-13-3-2-10-18-16(13)17(20)19-14/h2-5,8-10,14H,6-7,11H2,1H3,(H,19,20). The predicted molar refractivity (Wildman–Crippen MR) is 88.1 cm³/mol. The van der Waals surface area contributed by atoms with E-state index >= 15 is 0 Å². The zero-order valence-electron chi connectivity index (χ0n) is 13.2. The van der Waals surface area contributed by atoms with E-state index in [4.69, 9.17) is 4.18 Å². The number of hydrogen-bond donors (Lipinski definition) is 1. The highest BCUT2D eigenvalue weighted by Gasteiger charge is 2.25. The highest BCUT2D eigenvalue weighted by molar-refractivity contribution is 7.86. The third kappa shape index (κ3) is 3.63. The Kier molecular flexibility index (Phi) is 4.64. The minimum absolute atomic E-state index is 0.101. The summed E-state index contributed by atoms with van der Waals surface area (Å²) in [5.41, 5.74) is 2.22. The van der Waals surface area contributed by atoms with Gasteiger partial charge in [0.05, 0.1) is 17.5 Å². The quantitative estimate of drug-likeness (QED) is 0.854. The minimum atomic E-state index is -3.84. The van der Waals surface area contributed by atoms with Gasteiger partial charge in [-0.15, -0.1) is 0 Å². The molecule has 1 N–H and O–H groups in total. The average Bonchev–Trinajstić information content (AvgIpc) is 2.73. The van der Waals surface area contributed by atoms with Gasteiger partial charge in [0.25, 0.3) is 16.0 Å². The molecule has 2 aromatic rings. The number of carbonyl (C=O) groups excluding carboxylic acids is 1. The molecule has 7 heteroatoms. The summed E-state index contributed by atoms with van der Waals surface area (Å²) in [5, 5.41) is 2.78. The fourth-order valence-corrected chi connectivity index (χ4v) is 3.52. The molecule has 1 aliphatic rings. The first-order valence-electron chi connectivity index (χ1n) is 7.66. The van der Waals surface area contributed by atoms with Crippen LogP contribution in [0.1, 0.15) is 28.0 Å². The van der Waals surface area contributed by atoms with E-state index < -0.39 is 10.1 Å². The third-order valence-electron chi connectivity index (χ3n) is 3.94. The largest absolute Gasteiger partial charge is 0.346 e. The highest BCUT2D eigenvalue weighted by Crippen LogP contribution is 2.17. The molecule has 3 rings (SSSR count). The summed E-state index contributed by atoms with van der Waals surface area (Å²) in [6.07, 6.45) is 2.80. The van der Waals surface area contributed by atoms with Crippen LogP contribution in [0.3, 0.4) is 0 Å². The molecule has 24 heavy (non-hydrogen) atoms. The molecular weight excluding hydrogens is 328 g/mol. The Hall–Kier alpha value is -2.25. The number of rotatable bonds is 4. The van der Waals surface area contributed by atoms with Crippen LogP contribution in [-0.2, 0) is 20.7 Å². The molecule has 0 radical (unpaired) electrons. The zero-order valence-corrected chi connectivity index (χ0v) is 14.0. The van der Waals surface area contributed by atoms with Crippen molar-refractivity contribution < 1.29 is 17.4 Å². The van der Waals surface area contributed by atoms with E-state index in [-0.39, 0.29) is 23.5 Å². The van der Waals surface area contributed by atoms with Crippen LogP contribution in [0, 0.1) is 6.92 Å². The van der Waals surface area contributed by atoms with E-state index in [0.717, 1.165) is 11.1 Å². The highest BCUT2D eigenvalue weighted by atomic mass is 32.2. The topological polar surface area (TPSA) is 85.4 Å². The fraction of sp³-hybridized carbons (Fsp3) is 0.294. The molecule has 0 fully saturated rings. The second-order valence-electron chi connectivity index (χ2n) is 5.77. The summed E-state index contributed by atoms with van der Waals surface area (Å²) in [6.45, 7) is 1.78. The first kappa shape index (κ1) is 16.6. The van der Waals surface area contributed by atoms with E-state index in [2.05, 4.69) is 10.3 Å². The predicted octanol–water partition coefficient (Wildman–Crippen LogP) is 1.84. The van der Waals surface area contributed by atoms with Crippen molar-refractivity contribution in [2.75, 3.05) is 6.61 Å². The van der Waals surface area contributed by atoms with Gasteiger partial charge in [-0.05, 0) is 43.5 Å². The number of carbonyl (C=O) groups is 1. The van der Waals surface area contributed by atoms with Crippen molar-refractivity contribution in [1.29, 1.82) is 0 Å². The zero-order chi connectivity index (χ0) is 17.2. The number of nitrogens with zero attached hydrogens (tertiary/aromatic N) is 1. The fourth-order valence-electron chi connectivity index (χ4n) is 2.57. The van der Waals surface area contributed by atoms with Crippen LogP contribution < -0.4 is 5.32 Å². The number of nitrogens with one attached hydrogen (secondary N) is 1. The summed E-state index contributed by atoms with van der Waals surface area (Å²) in [4.78, 5) is 16.4. The lowest BCUT2D eigenvalue weighted by molar-refractivity contribution is 0.0920. The Labute approximate surface area is 141 Å². The SMILES string of the molecule is Cc1ccc(S(=O)(=O)OCC2CCc3cccnc3C(=O)N2)cc1. The van der Waals surface area contributed by atoms with Crippen molar-refractivity contribution in [1.82, 2.24) is 10.3 Å². The van der Waals surface area contributed by atoms with Gasteiger partial charge in [0.15, 0.2) is 0 Å². The first-order valence-corrected chi connectivity index (χ1v) is 9.07. The van der Waals surface area contributed by atoms with E-state index in [1.165, 1.54) is 12.1 Å². The second-order valence-corrected chi connectivity index (χ2v) is 7.39. The summed E-state index contributed by atoms with van der Waals surface area (Å²) in [7, 11) is -3.84. The van der Waals surface area contributed by atoms with Crippen LogP contribution in [0.2, 0.25) is 0 Å². The van der Waals surface area contributed by atoms with Gasteiger partial charge in [0, 0.05) is 6.20 Å². The lowest BCUT2D eigenvalue weighted by Crippen LogP contribution is -2.37. The van der Waals surface area contributed by atoms with Crippen LogP contribution in [0.15, 0.2) is 47.5 Å². The molecule has 0 saturated heterocycles. The van der Waals surface area contributed by atoms with Crippen molar-refractivity contribution in [3.05, 3.63) is 59.4 Å². The lowest BCUT2D eigenvalue weighted by atomic mass is 10.1. The number of amides is 1. The van der Waals surface area contributed by atoms with Crippen LogP contribution in [0.5, 0.6) is 0 Å². The molecule has 126 valence electrons. The number of fused-ring (bicyclic) bond motifs is 1. The van der Waals surface area contributed by atoms with Gasteiger partial charge >= 0.3 is 0 Å². The molecule has 0 spiro atoms. The minimum Gasteiger partial charge on any atom is -0.346 e. The van der Waals surface area contributed by atoms with E-state index in [1.54, 1.807) is 24.4 Å². The number of benzene rings is 1. The number of aromatic nitrogens is 1. The summed E-state index contributed by atoms with van der Waals surface area (Å²) < 4.78 is 29.6. The molecule has 1 unspecified atom stereocenters. The number of hydrogen-bond acceptors (Lipinski definition) is 5. The maximum Gasteiger partial charge on any atom is 0.297 e. The van der Waals surface area contributed by atoms with Crippen molar-refractivity contribution in [3.8, 4) is 0 Å². The first-order chi connectivity index (χ1) is 11.5. The Balaban J connectivity index is 1.67.